The lowest BCUT2D eigenvalue weighted by Crippen LogP contribution is -2.46. The Morgan fingerprint density at radius 3 is 2.93 bits per heavy atom. The highest BCUT2D eigenvalue weighted by atomic mass is 16.7. The Morgan fingerprint density at radius 1 is 1.50 bits per heavy atom. The molecular formula is C9H14N2O3. The fraction of sp³-hybridized carbons (Fsp3) is 0.778. The summed E-state index contributed by atoms with van der Waals surface area (Å²) in [5, 5.41) is 4.03. The van der Waals surface area contributed by atoms with E-state index in [0.29, 0.717) is 26.0 Å². The number of carbonyl (C=O) groups is 2. The Bertz CT molecular complexity index is 248. The van der Waals surface area contributed by atoms with Crippen LogP contribution in [0.2, 0.25) is 0 Å². The van der Waals surface area contributed by atoms with E-state index < -0.39 is 0 Å². The highest BCUT2D eigenvalue weighted by molar-refractivity contribution is 5.90. The number of carbonyl (C=O) groups excluding carboxylic acids is 2. The van der Waals surface area contributed by atoms with Gasteiger partial charge in [0.2, 0.25) is 5.91 Å². The largest absolute Gasteiger partial charge is 0.344 e. The summed E-state index contributed by atoms with van der Waals surface area (Å²) in [6.07, 6.45) is 3.02. The molecule has 2 saturated heterocycles. The Hall–Kier alpha value is -1.10. The molecule has 0 aliphatic carbocycles. The highest BCUT2D eigenvalue weighted by Crippen LogP contribution is 2.13. The quantitative estimate of drug-likeness (QED) is 0.635. The maximum Gasteiger partial charge on any atom is 0.268 e. The van der Waals surface area contributed by atoms with E-state index in [1.807, 2.05) is 0 Å². The second-order valence-corrected chi connectivity index (χ2v) is 3.64. The van der Waals surface area contributed by atoms with E-state index in [4.69, 9.17) is 4.84 Å². The van der Waals surface area contributed by atoms with Crippen LogP contribution in [0.3, 0.4) is 0 Å². The first-order valence-electron chi connectivity index (χ1n) is 5.01. The zero-order valence-electron chi connectivity index (χ0n) is 7.99. The third-order valence-corrected chi connectivity index (χ3v) is 2.54. The number of hydrogen-bond donors (Lipinski definition) is 1. The summed E-state index contributed by atoms with van der Waals surface area (Å²) in [5.41, 5.74) is 0. The fourth-order valence-corrected chi connectivity index (χ4v) is 1.74. The topological polar surface area (TPSA) is 58.6 Å². The van der Waals surface area contributed by atoms with E-state index in [1.165, 1.54) is 5.06 Å². The zero-order valence-corrected chi connectivity index (χ0v) is 7.99. The second-order valence-electron chi connectivity index (χ2n) is 3.64. The Balaban J connectivity index is 1.90. The lowest BCUT2D eigenvalue weighted by Gasteiger charge is -2.27. The third-order valence-electron chi connectivity index (χ3n) is 2.54. The average molecular weight is 198 g/mol. The van der Waals surface area contributed by atoms with Gasteiger partial charge in [0.05, 0.1) is 6.61 Å². The van der Waals surface area contributed by atoms with Gasteiger partial charge in [0, 0.05) is 13.0 Å². The van der Waals surface area contributed by atoms with Crippen molar-refractivity contribution in [1.29, 1.82) is 0 Å². The molecule has 2 rings (SSSR count). The number of hydrogen-bond acceptors (Lipinski definition) is 3. The molecule has 0 spiro atoms. The van der Waals surface area contributed by atoms with Crippen molar-refractivity contribution in [2.45, 2.75) is 31.7 Å². The van der Waals surface area contributed by atoms with Crippen LogP contribution in [-0.4, -0.2) is 36.1 Å². The predicted molar refractivity (Wildman–Crippen MR) is 48.1 cm³/mol. The molecule has 2 aliphatic rings. The van der Waals surface area contributed by atoms with Crippen molar-refractivity contribution in [3.8, 4) is 0 Å². The maximum atomic E-state index is 11.7. The van der Waals surface area contributed by atoms with Crippen LogP contribution >= 0.6 is 0 Å². The molecule has 78 valence electrons. The molecule has 1 N–H and O–H groups in total. The van der Waals surface area contributed by atoms with Crippen molar-refractivity contribution in [2.75, 3.05) is 13.2 Å². The monoisotopic (exact) mass is 198 g/mol. The van der Waals surface area contributed by atoms with Crippen molar-refractivity contribution in [3.05, 3.63) is 0 Å². The highest BCUT2D eigenvalue weighted by Gasteiger charge is 2.31. The molecular weight excluding hydrogens is 184 g/mol. The van der Waals surface area contributed by atoms with Gasteiger partial charge in [0.15, 0.2) is 0 Å². The van der Waals surface area contributed by atoms with Gasteiger partial charge < -0.3 is 5.32 Å². The fourth-order valence-electron chi connectivity index (χ4n) is 1.74. The molecule has 2 fully saturated rings. The molecule has 2 amide bonds. The second kappa shape index (κ2) is 3.96. The number of nitrogens with one attached hydrogen (secondary N) is 1. The van der Waals surface area contributed by atoms with E-state index in [-0.39, 0.29) is 17.9 Å². The average Bonchev–Trinajstić information content (AvgIpc) is 2.65. The molecule has 0 radical (unpaired) electrons. The van der Waals surface area contributed by atoms with E-state index in [1.54, 1.807) is 0 Å². The summed E-state index contributed by atoms with van der Waals surface area (Å²) in [6.45, 7) is 1.25. The molecule has 2 aliphatic heterocycles. The molecule has 2 heterocycles. The summed E-state index contributed by atoms with van der Waals surface area (Å²) in [4.78, 5) is 27.9. The molecule has 14 heavy (non-hydrogen) atoms. The predicted octanol–water partition coefficient (Wildman–Crippen LogP) is -0.181. The van der Waals surface area contributed by atoms with Gasteiger partial charge in [0.25, 0.3) is 5.91 Å². The van der Waals surface area contributed by atoms with Crippen LogP contribution in [0.25, 0.3) is 0 Å². The molecule has 1 atom stereocenters. The molecule has 0 aromatic rings. The van der Waals surface area contributed by atoms with Crippen LogP contribution < -0.4 is 5.32 Å². The normalized spacial score (nSPS) is 27.6. The van der Waals surface area contributed by atoms with Crippen LogP contribution in [0, 0.1) is 0 Å². The van der Waals surface area contributed by atoms with Gasteiger partial charge in [-0.15, -0.1) is 0 Å². The van der Waals surface area contributed by atoms with E-state index in [9.17, 15) is 9.59 Å². The summed E-state index contributed by atoms with van der Waals surface area (Å²) in [6, 6.07) is -0.361. The number of rotatable bonds is 1. The molecule has 5 nitrogen and oxygen atoms in total. The van der Waals surface area contributed by atoms with Gasteiger partial charge in [-0.05, 0) is 19.3 Å². The molecule has 0 unspecified atom stereocenters. The molecule has 5 heteroatoms. The molecule has 0 saturated carbocycles. The van der Waals surface area contributed by atoms with E-state index >= 15 is 0 Å². The van der Waals surface area contributed by atoms with Gasteiger partial charge >= 0.3 is 0 Å². The van der Waals surface area contributed by atoms with E-state index in [0.717, 1.165) is 12.8 Å². The van der Waals surface area contributed by atoms with Crippen molar-refractivity contribution >= 4 is 11.8 Å². The molecule has 0 bridgehead atoms. The van der Waals surface area contributed by atoms with Crippen LogP contribution in [0.15, 0.2) is 0 Å². The van der Waals surface area contributed by atoms with Gasteiger partial charge in [-0.2, -0.15) is 0 Å². The Kier molecular flexibility index (Phi) is 2.67. The maximum absolute atomic E-state index is 11.7. The van der Waals surface area contributed by atoms with Crippen molar-refractivity contribution < 1.29 is 14.4 Å². The minimum absolute atomic E-state index is 0.0413. The van der Waals surface area contributed by atoms with Gasteiger partial charge in [-0.1, -0.05) is 0 Å². The minimum atomic E-state index is -0.361. The summed E-state index contributed by atoms with van der Waals surface area (Å²) in [5.74, 6) is -0.143. The zero-order chi connectivity index (χ0) is 9.97. The van der Waals surface area contributed by atoms with Gasteiger partial charge in [-0.3, -0.25) is 14.4 Å². The smallest absolute Gasteiger partial charge is 0.268 e. The van der Waals surface area contributed by atoms with Crippen LogP contribution in [0.1, 0.15) is 25.7 Å². The number of nitrogens with zero attached hydrogens (tertiary/aromatic N) is 1. The van der Waals surface area contributed by atoms with Crippen LogP contribution in [-0.2, 0) is 14.4 Å². The Labute approximate surface area is 82.3 Å². The summed E-state index contributed by atoms with van der Waals surface area (Å²) < 4.78 is 0. The van der Waals surface area contributed by atoms with Gasteiger partial charge in [0.1, 0.15) is 6.04 Å². The van der Waals surface area contributed by atoms with Crippen LogP contribution in [0.5, 0.6) is 0 Å². The lowest BCUT2D eigenvalue weighted by molar-refractivity contribution is -0.198. The first-order valence-corrected chi connectivity index (χ1v) is 5.01. The first-order chi connectivity index (χ1) is 6.77. The number of hydroxylamine groups is 2. The van der Waals surface area contributed by atoms with E-state index in [2.05, 4.69) is 5.32 Å². The summed E-state index contributed by atoms with van der Waals surface area (Å²) in [7, 11) is 0. The van der Waals surface area contributed by atoms with Crippen molar-refractivity contribution in [2.24, 2.45) is 0 Å². The third kappa shape index (κ3) is 1.87. The Morgan fingerprint density at radius 2 is 2.36 bits per heavy atom. The standard InChI is InChI=1S/C9H14N2O3/c12-8-4-3-7(10-8)9(13)11-5-1-2-6-14-11/h7H,1-6H2,(H,10,12)/t7-/m1/s1. The lowest BCUT2D eigenvalue weighted by atomic mass is 10.2. The van der Waals surface area contributed by atoms with Gasteiger partial charge in [-0.25, -0.2) is 5.06 Å². The summed E-state index contributed by atoms with van der Waals surface area (Å²) >= 11 is 0. The number of amides is 2. The first kappa shape index (κ1) is 9.45. The molecule has 0 aromatic carbocycles. The molecule has 0 aromatic heterocycles. The van der Waals surface area contributed by atoms with Crippen molar-refractivity contribution in [3.63, 3.8) is 0 Å². The SMILES string of the molecule is O=C1CC[C@H](C(=O)N2CCCCO2)N1. The van der Waals surface area contributed by atoms with Crippen molar-refractivity contribution in [1.82, 2.24) is 10.4 Å². The minimum Gasteiger partial charge on any atom is -0.344 e. The van der Waals surface area contributed by atoms with Crippen LogP contribution in [0.4, 0.5) is 0 Å².